The number of carbonyl (C=O) groups excluding carboxylic acids is 1. The molecule has 0 saturated carbocycles. The van der Waals surface area contributed by atoms with Crippen LogP contribution >= 0.6 is 22.6 Å². The summed E-state index contributed by atoms with van der Waals surface area (Å²) in [5.41, 5.74) is 0.638. The molecule has 148 valence electrons. The highest BCUT2D eigenvalue weighted by atomic mass is 127. The molecule has 1 atom stereocenters. The van der Waals surface area contributed by atoms with Gasteiger partial charge in [0.15, 0.2) is 0 Å². The highest BCUT2D eigenvalue weighted by molar-refractivity contribution is 14.1. The fourth-order valence-electron chi connectivity index (χ4n) is 2.77. The molecule has 26 heavy (non-hydrogen) atoms. The van der Waals surface area contributed by atoms with Crippen molar-refractivity contribution >= 4 is 44.2 Å². The Kier molecular flexibility index (Phi) is 10.5. The van der Waals surface area contributed by atoms with Gasteiger partial charge in [0.05, 0.1) is 11.9 Å². The second-order valence-electron chi connectivity index (χ2n) is 6.64. The molecule has 1 N–H and O–H groups in total. The van der Waals surface area contributed by atoms with Gasteiger partial charge >= 0.3 is 0 Å². The molecule has 0 bridgehead atoms. The maximum absolute atomic E-state index is 12.1. The van der Waals surface area contributed by atoms with Crippen molar-refractivity contribution in [3.8, 4) is 0 Å². The van der Waals surface area contributed by atoms with Gasteiger partial charge in [-0.25, -0.2) is 8.42 Å². The van der Waals surface area contributed by atoms with E-state index in [-0.39, 0.29) is 5.91 Å². The molecule has 0 aliphatic rings. The normalized spacial score (nSPS) is 12.6. The Bertz CT molecular complexity index is 647. The Morgan fingerprint density at radius 1 is 1.19 bits per heavy atom. The van der Waals surface area contributed by atoms with E-state index in [0.29, 0.717) is 37.5 Å². The van der Waals surface area contributed by atoms with Gasteiger partial charge in [-0.1, -0.05) is 33.1 Å². The Balaban J connectivity index is 2.49. The van der Waals surface area contributed by atoms with Crippen LogP contribution in [0.5, 0.6) is 0 Å². The third kappa shape index (κ3) is 8.70. The van der Waals surface area contributed by atoms with Gasteiger partial charge < -0.3 is 5.32 Å². The van der Waals surface area contributed by atoms with E-state index in [9.17, 15) is 13.2 Å². The van der Waals surface area contributed by atoms with Crippen LogP contribution in [-0.4, -0.2) is 33.7 Å². The molecule has 0 fully saturated rings. The van der Waals surface area contributed by atoms with Crippen LogP contribution in [-0.2, 0) is 14.8 Å². The Morgan fingerprint density at radius 2 is 1.85 bits per heavy atom. The number of unbranched alkanes of at least 4 members (excludes halogenated alkanes) is 1. The van der Waals surface area contributed by atoms with Crippen molar-refractivity contribution in [2.75, 3.05) is 23.7 Å². The molecule has 1 amide bonds. The molecular formula is C19H31IN2O3S. The van der Waals surface area contributed by atoms with E-state index in [0.717, 1.165) is 16.4 Å². The predicted octanol–water partition coefficient (Wildman–Crippen LogP) is 4.17. The van der Waals surface area contributed by atoms with Crippen LogP contribution in [0.15, 0.2) is 24.3 Å². The molecule has 1 aromatic rings. The van der Waals surface area contributed by atoms with Crippen molar-refractivity contribution in [2.45, 2.75) is 52.4 Å². The molecule has 0 unspecified atom stereocenters. The lowest BCUT2D eigenvalue weighted by atomic mass is 9.99. The van der Waals surface area contributed by atoms with Crippen molar-refractivity contribution in [2.24, 2.45) is 5.92 Å². The van der Waals surface area contributed by atoms with E-state index >= 15 is 0 Å². The number of hydrogen-bond donors (Lipinski definition) is 1. The molecule has 0 radical (unpaired) electrons. The largest absolute Gasteiger partial charge is 0.356 e. The number of nitrogens with zero attached hydrogens (tertiary/aromatic N) is 1. The van der Waals surface area contributed by atoms with Gasteiger partial charge in [0, 0.05) is 23.1 Å². The molecule has 1 aromatic carbocycles. The monoisotopic (exact) mass is 494 g/mol. The zero-order valence-corrected chi connectivity index (χ0v) is 19.0. The topological polar surface area (TPSA) is 66.5 Å². The van der Waals surface area contributed by atoms with E-state index in [2.05, 4.69) is 41.8 Å². The number of amides is 1. The molecule has 0 heterocycles. The van der Waals surface area contributed by atoms with E-state index < -0.39 is 10.0 Å². The first-order valence-electron chi connectivity index (χ1n) is 9.27. The lowest BCUT2D eigenvalue weighted by Crippen LogP contribution is -2.33. The number of benzene rings is 1. The fourth-order valence-corrected chi connectivity index (χ4v) is 4.09. The van der Waals surface area contributed by atoms with Gasteiger partial charge in [0.2, 0.25) is 15.9 Å². The maximum Gasteiger partial charge on any atom is 0.232 e. The number of sulfonamides is 1. The summed E-state index contributed by atoms with van der Waals surface area (Å²) in [5.74, 6) is 0.522. The zero-order chi connectivity index (χ0) is 19.6. The predicted molar refractivity (Wildman–Crippen MR) is 117 cm³/mol. The summed E-state index contributed by atoms with van der Waals surface area (Å²) in [6, 6.07) is 7.34. The third-order valence-electron chi connectivity index (χ3n) is 4.41. The van der Waals surface area contributed by atoms with Gasteiger partial charge in [-0.3, -0.25) is 9.10 Å². The lowest BCUT2D eigenvalue weighted by molar-refractivity contribution is -0.121. The van der Waals surface area contributed by atoms with Gasteiger partial charge in [0.25, 0.3) is 0 Å². The molecule has 0 spiro atoms. The highest BCUT2D eigenvalue weighted by Gasteiger charge is 2.17. The molecule has 0 saturated heterocycles. The SMILES string of the molecule is CCCC[C@@H](CC)CNC(=O)CCCN(c1ccc(I)cc1)S(C)(=O)=O. The standard InChI is InChI=1S/C19H31IN2O3S/c1-4-6-8-16(5-2)15-21-19(23)9-7-14-22(26(3,24)25)18-12-10-17(20)11-13-18/h10-13,16H,4-9,14-15H2,1-3H3,(H,21,23)/t16-/m1/s1. The summed E-state index contributed by atoms with van der Waals surface area (Å²) >= 11 is 2.18. The highest BCUT2D eigenvalue weighted by Crippen LogP contribution is 2.20. The number of halogens is 1. The maximum atomic E-state index is 12.1. The molecule has 1 rings (SSSR count). The first-order chi connectivity index (χ1) is 12.3. The van der Waals surface area contributed by atoms with Crippen LogP contribution in [0.2, 0.25) is 0 Å². The summed E-state index contributed by atoms with van der Waals surface area (Å²) in [6.07, 6.45) is 6.59. The summed E-state index contributed by atoms with van der Waals surface area (Å²) in [5, 5.41) is 2.99. The molecular weight excluding hydrogens is 463 g/mol. The van der Waals surface area contributed by atoms with Gasteiger partial charge in [-0.05, 0) is 65.6 Å². The van der Waals surface area contributed by atoms with Crippen molar-refractivity contribution in [3.05, 3.63) is 27.8 Å². The van der Waals surface area contributed by atoms with Crippen LogP contribution in [0, 0.1) is 9.49 Å². The van der Waals surface area contributed by atoms with Crippen LogP contribution < -0.4 is 9.62 Å². The Labute approximate surface area is 172 Å². The minimum Gasteiger partial charge on any atom is -0.356 e. The zero-order valence-electron chi connectivity index (χ0n) is 16.0. The minimum atomic E-state index is -3.37. The van der Waals surface area contributed by atoms with Gasteiger partial charge in [-0.2, -0.15) is 0 Å². The van der Waals surface area contributed by atoms with Crippen LogP contribution in [0.25, 0.3) is 0 Å². The van der Waals surface area contributed by atoms with Gasteiger partial charge in [0.1, 0.15) is 0 Å². The van der Waals surface area contributed by atoms with Crippen molar-refractivity contribution in [1.29, 1.82) is 0 Å². The number of anilines is 1. The molecule has 7 heteroatoms. The first kappa shape index (κ1) is 23.2. The summed E-state index contributed by atoms with van der Waals surface area (Å²) in [4.78, 5) is 12.1. The second kappa shape index (κ2) is 11.8. The second-order valence-corrected chi connectivity index (χ2v) is 9.79. The van der Waals surface area contributed by atoms with Crippen molar-refractivity contribution in [3.63, 3.8) is 0 Å². The van der Waals surface area contributed by atoms with E-state index in [1.165, 1.54) is 23.4 Å². The van der Waals surface area contributed by atoms with Crippen LogP contribution in [0.4, 0.5) is 5.69 Å². The molecule has 0 aromatic heterocycles. The van der Waals surface area contributed by atoms with E-state index in [1.54, 1.807) is 12.1 Å². The quantitative estimate of drug-likeness (QED) is 0.444. The average Bonchev–Trinajstić information content (AvgIpc) is 2.59. The Hall–Kier alpha value is -0.830. The van der Waals surface area contributed by atoms with Crippen LogP contribution in [0.1, 0.15) is 52.4 Å². The molecule has 0 aliphatic heterocycles. The summed E-state index contributed by atoms with van der Waals surface area (Å²) < 4.78 is 26.6. The fraction of sp³-hybridized carbons (Fsp3) is 0.632. The summed E-state index contributed by atoms with van der Waals surface area (Å²) in [7, 11) is -3.37. The molecule has 5 nitrogen and oxygen atoms in total. The van der Waals surface area contributed by atoms with E-state index in [1.807, 2.05) is 12.1 Å². The van der Waals surface area contributed by atoms with E-state index in [4.69, 9.17) is 0 Å². The number of hydrogen-bond acceptors (Lipinski definition) is 3. The van der Waals surface area contributed by atoms with Gasteiger partial charge in [-0.15, -0.1) is 0 Å². The summed E-state index contributed by atoms with van der Waals surface area (Å²) in [6.45, 7) is 5.34. The average molecular weight is 494 g/mol. The van der Waals surface area contributed by atoms with Crippen molar-refractivity contribution < 1.29 is 13.2 Å². The number of carbonyl (C=O) groups is 1. The Morgan fingerprint density at radius 3 is 2.38 bits per heavy atom. The lowest BCUT2D eigenvalue weighted by Gasteiger charge is -2.22. The smallest absolute Gasteiger partial charge is 0.232 e. The van der Waals surface area contributed by atoms with Crippen molar-refractivity contribution in [1.82, 2.24) is 5.32 Å². The number of nitrogens with one attached hydrogen (secondary N) is 1. The minimum absolute atomic E-state index is 0.00369. The first-order valence-corrected chi connectivity index (χ1v) is 12.2. The third-order valence-corrected chi connectivity index (χ3v) is 6.32. The molecule has 0 aliphatic carbocycles. The van der Waals surface area contributed by atoms with Crippen LogP contribution in [0.3, 0.4) is 0 Å². The number of rotatable bonds is 12.